The fourth-order valence-electron chi connectivity index (χ4n) is 5.80. The average Bonchev–Trinajstić information content (AvgIpc) is 3.37. The number of halogens is 3. The maximum Gasteiger partial charge on any atom is 0.416 e. The molecule has 0 bridgehead atoms. The smallest absolute Gasteiger partial charge is 0.379 e. The Balaban J connectivity index is 0.974. The number of amides is 1. The van der Waals surface area contributed by atoms with Gasteiger partial charge in [-0.15, -0.1) is 0 Å². The Morgan fingerprint density at radius 3 is 2.36 bits per heavy atom. The number of carbonyl (C=O) groups is 1. The zero-order chi connectivity index (χ0) is 27.2. The molecule has 0 aliphatic carbocycles. The first-order valence-electron chi connectivity index (χ1n) is 14.2. The van der Waals surface area contributed by atoms with E-state index in [0.717, 1.165) is 90.9 Å². The van der Waals surface area contributed by atoms with Gasteiger partial charge in [-0.2, -0.15) is 13.2 Å². The highest BCUT2D eigenvalue weighted by Crippen LogP contribution is 2.32. The number of hydrogen-bond acceptors (Lipinski definition) is 5. The molecule has 39 heavy (non-hydrogen) atoms. The first kappa shape index (κ1) is 27.9. The number of ether oxygens (including phenoxy) is 1. The topological polar surface area (TPSA) is 39.3 Å². The molecule has 0 spiro atoms. The van der Waals surface area contributed by atoms with Crippen LogP contribution in [0.2, 0.25) is 0 Å². The van der Waals surface area contributed by atoms with E-state index in [4.69, 9.17) is 4.74 Å². The van der Waals surface area contributed by atoms with Gasteiger partial charge in [0.25, 0.3) is 0 Å². The number of rotatable bonds is 9. The zero-order valence-corrected chi connectivity index (χ0v) is 22.6. The van der Waals surface area contributed by atoms with E-state index in [1.54, 1.807) is 6.07 Å². The van der Waals surface area contributed by atoms with E-state index in [2.05, 4.69) is 28.0 Å². The molecule has 5 rings (SSSR count). The summed E-state index contributed by atoms with van der Waals surface area (Å²) in [6.07, 6.45) is -0.813. The van der Waals surface area contributed by atoms with E-state index in [-0.39, 0.29) is 5.91 Å². The summed E-state index contributed by atoms with van der Waals surface area (Å²) in [4.78, 5) is 21.7. The molecule has 3 heterocycles. The summed E-state index contributed by atoms with van der Waals surface area (Å²) in [5.41, 5.74) is 3.89. The van der Waals surface area contributed by atoms with Gasteiger partial charge in [0.15, 0.2) is 0 Å². The van der Waals surface area contributed by atoms with E-state index in [9.17, 15) is 18.0 Å². The molecule has 0 radical (unpaired) electrons. The number of anilines is 1. The molecule has 2 aromatic rings. The van der Waals surface area contributed by atoms with Crippen LogP contribution in [0, 0.1) is 0 Å². The molecule has 6 nitrogen and oxygen atoms in total. The van der Waals surface area contributed by atoms with Crippen LogP contribution in [0.15, 0.2) is 42.5 Å². The quantitative estimate of drug-likeness (QED) is 0.426. The lowest BCUT2D eigenvalue weighted by Gasteiger charge is -2.36. The number of nitrogens with zero attached hydrogens (tertiary/aromatic N) is 4. The van der Waals surface area contributed by atoms with Gasteiger partial charge >= 0.3 is 6.18 Å². The molecule has 2 aromatic carbocycles. The van der Waals surface area contributed by atoms with Crippen LogP contribution >= 0.6 is 0 Å². The number of piperazine rings is 1. The number of benzene rings is 2. The van der Waals surface area contributed by atoms with Crippen molar-refractivity contribution in [2.45, 2.75) is 51.5 Å². The van der Waals surface area contributed by atoms with Crippen molar-refractivity contribution in [2.75, 3.05) is 63.9 Å². The van der Waals surface area contributed by atoms with Crippen molar-refractivity contribution in [1.29, 1.82) is 0 Å². The van der Waals surface area contributed by atoms with Crippen LogP contribution in [0.1, 0.15) is 47.9 Å². The summed E-state index contributed by atoms with van der Waals surface area (Å²) in [6, 6.07) is 12.3. The second kappa shape index (κ2) is 12.7. The summed E-state index contributed by atoms with van der Waals surface area (Å²) >= 11 is 0. The Kier molecular flexibility index (Phi) is 9.10. The second-order valence-corrected chi connectivity index (χ2v) is 10.9. The summed E-state index contributed by atoms with van der Waals surface area (Å²) < 4.78 is 44.5. The summed E-state index contributed by atoms with van der Waals surface area (Å²) in [5, 5.41) is 0. The van der Waals surface area contributed by atoms with E-state index in [1.807, 2.05) is 9.80 Å². The van der Waals surface area contributed by atoms with Gasteiger partial charge in [0.2, 0.25) is 5.91 Å². The molecule has 3 aliphatic rings. The summed E-state index contributed by atoms with van der Waals surface area (Å²) in [6.45, 7) is 9.99. The van der Waals surface area contributed by atoms with Gasteiger partial charge in [0, 0.05) is 71.0 Å². The second-order valence-electron chi connectivity index (χ2n) is 10.9. The van der Waals surface area contributed by atoms with Crippen LogP contribution in [0.3, 0.4) is 0 Å². The number of unbranched alkanes of at least 4 members (excludes halogenated alkanes) is 2. The van der Waals surface area contributed by atoms with Crippen LogP contribution in [-0.4, -0.2) is 79.6 Å². The van der Waals surface area contributed by atoms with Crippen molar-refractivity contribution in [3.05, 3.63) is 64.7 Å². The minimum Gasteiger partial charge on any atom is -0.379 e. The van der Waals surface area contributed by atoms with Crippen LogP contribution in [-0.2, 0) is 35.3 Å². The van der Waals surface area contributed by atoms with E-state index >= 15 is 0 Å². The zero-order valence-electron chi connectivity index (χ0n) is 22.6. The largest absolute Gasteiger partial charge is 0.416 e. The number of fused-ring (bicyclic) bond motifs is 1. The molecule has 0 atom stereocenters. The molecule has 1 amide bonds. The first-order valence-corrected chi connectivity index (χ1v) is 14.2. The van der Waals surface area contributed by atoms with Gasteiger partial charge in [-0.05, 0) is 54.3 Å². The molecule has 9 heteroatoms. The third kappa shape index (κ3) is 7.52. The summed E-state index contributed by atoms with van der Waals surface area (Å²) in [5.74, 6) is 0.232. The number of morpholine rings is 1. The monoisotopic (exact) mass is 544 g/mol. The number of hydrogen-bond donors (Lipinski definition) is 0. The molecule has 2 fully saturated rings. The van der Waals surface area contributed by atoms with Crippen molar-refractivity contribution in [1.82, 2.24) is 14.7 Å². The van der Waals surface area contributed by atoms with Crippen LogP contribution in [0.4, 0.5) is 18.9 Å². The Labute approximate surface area is 229 Å². The highest BCUT2D eigenvalue weighted by Gasteiger charge is 2.31. The van der Waals surface area contributed by atoms with Gasteiger partial charge in [-0.25, -0.2) is 0 Å². The lowest BCUT2D eigenvalue weighted by Crippen LogP contribution is -2.46. The van der Waals surface area contributed by atoms with E-state index in [0.29, 0.717) is 25.2 Å². The number of carbonyl (C=O) groups excluding carboxylic acids is 1. The predicted molar refractivity (Wildman–Crippen MR) is 145 cm³/mol. The van der Waals surface area contributed by atoms with Gasteiger partial charge in [-0.1, -0.05) is 30.7 Å². The minimum absolute atomic E-state index is 0.232. The van der Waals surface area contributed by atoms with Gasteiger partial charge in [0.1, 0.15) is 0 Å². The highest BCUT2D eigenvalue weighted by molar-refractivity contribution is 5.77. The van der Waals surface area contributed by atoms with Crippen LogP contribution in [0.25, 0.3) is 0 Å². The molecule has 2 saturated heterocycles. The Morgan fingerprint density at radius 2 is 1.59 bits per heavy atom. The van der Waals surface area contributed by atoms with Gasteiger partial charge in [-0.3, -0.25) is 14.6 Å². The molecule has 3 aliphatic heterocycles. The SMILES string of the molecule is O=C(CCCCCN1CCN(c2cccc(C(F)(F)F)c2)CC1)N1Cc2ccc(CN3CCOCC3)cc2C1. The van der Waals surface area contributed by atoms with Crippen molar-refractivity contribution in [2.24, 2.45) is 0 Å². The average molecular weight is 545 g/mol. The van der Waals surface area contributed by atoms with Crippen molar-refractivity contribution < 1.29 is 22.7 Å². The Morgan fingerprint density at radius 1 is 0.821 bits per heavy atom. The van der Waals surface area contributed by atoms with Crippen LogP contribution < -0.4 is 4.90 Å². The first-order chi connectivity index (χ1) is 18.8. The van der Waals surface area contributed by atoms with Crippen molar-refractivity contribution in [3.8, 4) is 0 Å². The van der Waals surface area contributed by atoms with E-state index < -0.39 is 11.7 Å². The standard InChI is InChI=1S/C30H39F3N4O2/c31-30(32,33)27-5-4-6-28(20-27)36-13-11-34(12-14-36)10-3-1-2-7-29(38)37-22-25-9-8-24(19-26(25)23-37)21-35-15-17-39-18-16-35/h4-6,8-9,19-20H,1-3,7,10-18,21-23H2. The molecule has 0 aromatic heterocycles. The fourth-order valence-corrected chi connectivity index (χ4v) is 5.80. The highest BCUT2D eigenvalue weighted by atomic mass is 19.4. The maximum absolute atomic E-state index is 13.0. The van der Waals surface area contributed by atoms with E-state index in [1.165, 1.54) is 28.8 Å². The van der Waals surface area contributed by atoms with Crippen LogP contribution in [0.5, 0.6) is 0 Å². The molecule has 0 N–H and O–H groups in total. The van der Waals surface area contributed by atoms with Gasteiger partial charge < -0.3 is 14.5 Å². The third-order valence-corrected chi connectivity index (χ3v) is 8.13. The third-order valence-electron chi connectivity index (χ3n) is 8.13. The Bertz CT molecular complexity index is 1110. The van der Waals surface area contributed by atoms with Crippen molar-refractivity contribution >= 4 is 11.6 Å². The molecular weight excluding hydrogens is 505 g/mol. The Hall–Kier alpha value is -2.62. The molecule has 0 saturated carbocycles. The lowest BCUT2D eigenvalue weighted by molar-refractivity contribution is -0.137. The molecule has 0 unspecified atom stereocenters. The molecule has 212 valence electrons. The maximum atomic E-state index is 13.0. The van der Waals surface area contributed by atoms with Crippen molar-refractivity contribution in [3.63, 3.8) is 0 Å². The number of alkyl halides is 3. The summed E-state index contributed by atoms with van der Waals surface area (Å²) in [7, 11) is 0. The fraction of sp³-hybridized carbons (Fsp3) is 0.567. The minimum atomic E-state index is -4.31. The normalized spacial score (nSPS) is 18.9. The molecular formula is C30H39F3N4O2. The lowest BCUT2D eigenvalue weighted by atomic mass is 10.1. The van der Waals surface area contributed by atoms with Gasteiger partial charge in [0.05, 0.1) is 18.8 Å². The predicted octanol–water partition coefficient (Wildman–Crippen LogP) is 4.76.